The lowest BCUT2D eigenvalue weighted by atomic mass is 10.1. The summed E-state index contributed by atoms with van der Waals surface area (Å²) in [5, 5.41) is 3.43. The highest BCUT2D eigenvalue weighted by Crippen LogP contribution is 2.26. The maximum Gasteiger partial charge on any atom is 0.257 e. The summed E-state index contributed by atoms with van der Waals surface area (Å²) < 4.78 is 5.89. The van der Waals surface area contributed by atoms with E-state index in [2.05, 4.69) is 25.2 Å². The van der Waals surface area contributed by atoms with Gasteiger partial charge in [0.15, 0.2) is 5.13 Å². The zero-order valence-electron chi connectivity index (χ0n) is 14.9. The number of fused-ring (bicyclic) bond motifs is 1. The smallest absolute Gasteiger partial charge is 0.257 e. The van der Waals surface area contributed by atoms with Crippen molar-refractivity contribution in [2.45, 2.75) is 20.0 Å². The molecular formula is C19H19N5O2S. The van der Waals surface area contributed by atoms with Gasteiger partial charge in [0, 0.05) is 47.7 Å². The van der Waals surface area contributed by atoms with E-state index in [-0.39, 0.29) is 5.91 Å². The molecule has 27 heavy (non-hydrogen) atoms. The number of aryl methyl sites for hydroxylation is 1. The summed E-state index contributed by atoms with van der Waals surface area (Å²) in [6.07, 6.45) is 5.24. The van der Waals surface area contributed by atoms with Gasteiger partial charge in [-0.25, -0.2) is 15.0 Å². The molecule has 0 aliphatic carbocycles. The summed E-state index contributed by atoms with van der Waals surface area (Å²) >= 11 is 1.45. The zero-order valence-corrected chi connectivity index (χ0v) is 15.7. The van der Waals surface area contributed by atoms with Crippen molar-refractivity contribution in [3.63, 3.8) is 0 Å². The molecule has 0 saturated heterocycles. The number of nitrogens with one attached hydrogen (secondary N) is 1. The highest BCUT2D eigenvalue weighted by atomic mass is 32.1. The van der Waals surface area contributed by atoms with Crippen LogP contribution in [0, 0.1) is 6.92 Å². The summed E-state index contributed by atoms with van der Waals surface area (Å²) in [6.45, 7) is 4.66. The standard InChI is InChI=1S/C19H19N5O2S/c1-13-10-22-19(27-13)23-18(25)14-3-4-15-11-24(7-8-26-16(15)9-14)12-17-20-5-2-6-21-17/h2-6,9-10H,7-8,11-12H2,1H3,(H,22,23,25). The molecule has 3 heterocycles. The number of ether oxygens (including phenoxy) is 1. The molecule has 0 unspecified atom stereocenters. The predicted octanol–water partition coefficient (Wildman–Crippen LogP) is 2.89. The quantitative estimate of drug-likeness (QED) is 0.749. The van der Waals surface area contributed by atoms with Crippen LogP contribution in [-0.2, 0) is 13.1 Å². The van der Waals surface area contributed by atoms with Crippen LogP contribution in [0.2, 0.25) is 0 Å². The number of hydrogen-bond acceptors (Lipinski definition) is 7. The van der Waals surface area contributed by atoms with Gasteiger partial charge < -0.3 is 4.74 Å². The number of amides is 1. The van der Waals surface area contributed by atoms with Crippen molar-refractivity contribution in [2.75, 3.05) is 18.5 Å². The van der Waals surface area contributed by atoms with Crippen molar-refractivity contribution in [3.8, 4) is 5.75 Å². The van der Waals surface area contributed by atoms with E-state index in [4.69, 9.17) is 4.74 Å². The molecule has 3 aromatic rings. The second-order valence-electron chi connectivity index (χ2n) is 6.28. The van der Waals surface area contributed by atoms with Gasteiger partial charge in [-0.15, -0.1) is 11.3 Å². The molecule has 0 saturated carbocycles. The molecule has 8 heteroatoms. The van der Waals surface area contributed by atoms with Crippen LogP contribution in [0.1, 0.15) is 26.6 Å². The van der Waals surface area contributed by atoms with Crippen molar-refractivity contribution < 1.29 is 9.53 Å². The van der Waals surface area contributed by atoms with Gasteiger partial charge in [-0.3, -0.25) is 15.0 Å². The predicted molar refractivity (Wildman–Crippen MR) is 103 cm³/mol. The maximum absolute atomic E-state index is 12.5. The van der Waals surface area contributed by atoms with E-state index < -0.39 is 0 Å². The van der Waals surface area contributed by atoms with Crippen LogP contribution in [0.25, 0.3) is 0 Å². The Bertz CT molecular complexity index is 944. The summed E-state index contributed by atoms with van der Waals surface area (Å²) in [5.41, 5.74) is 1.60. The lowest BCUT2D eigenvalue weighted by Gasteiger charge is -2.18. The van der Waals surface area contributed by atoms with Crippen molar-refractivity contribution in [2.24, 2.45) is 0 Å². The third kappa shape index (κ3) is 4.29. The summed E-state index contributed by atoms with van der Waals surface area (Å²) in [5.74, 6) is 1.35. The van der Waals surface area contributed by atoms with Crippen molar-refractivity contribution in [3.05, 3.63) is 64.7 Å². The summed E-state index contributed by atoms with van der Waals surface area (Å²) in [4.78, 5) is 28.5. The first-order valence-corrected chi connectivity index (χ1v) is 9.47. The molecular weight excluding hydrogens is 362 g/mol. The minimum atomic E-state index is -0.186. The number of thiazole rings is 1. The molecule has 1 aliphatic rings. The van der Waals surface area contributed by atoms with Crippen LogP contribution in [0.3, 0.4) is 0 Å². The number of benzene rings is 1. The highest BCUT2D eigenvalue weighted by molar-refractivity contribution is 7.15. The normalized spacial score (nSPS) is 14.1. The van der Waals surface area contributed by atoms with E-state index >= 15 is 0 Å². The number of hydrogen-bond donors (Lipinski definition) is 1. The Hall–Kier alpha value is -2.84. The fraction of sp³-hybridized carbons (Fsp3) is 0.263. The summed E-state index contributed by atoms with van der Waals surface area (Å²) in [7, 11) is 0. The molecule has 1 N–H and O–H groups in total. The number of carbonyl (C=O) groups is 1. The fourth-order valence-electron chi connectivity index (χ4n) is 2.89. The van der Waals surface area contributed by atoms with E-state index in [1.54, 1.807) is 24.7 Å². The van der Waals surface area contributed by atoms with Crippen LogP contribution in [0.5, 0.6) is 5.75 Å². The van der Waals surface area contributed by atoms with Crippen molar-refractivity contribution in [1.82, 2.24) is 19.9 Å². The van der Waals surface area contributed by atoms with Gasteiger partial charge in [0.1, 0.15) is 18.2 Å². The van der Waals surface area contributed by atoms with Crippen LogP contribution in [-0.4, -0.2) is 38.9 Å². The minimum absolute atomic E-state index is 0.186. The van der Waals surface area contributed by atoms with Gasteiger partial charge >= 0.3 is 0 Å². The Morgan fingerprint density at radius 1 is 1.30 bits per heavy atom. The molecule has 2 aromatic heterocycles. The molecule has 7 nitrogen and oxygen atoms in total. The second kappa shape index (κ2) is 7.81. The average Bonchev–Trinajstić information content (AvgIpc) is 2.97. The molecule has 0 bridgehead atoms. The van der Waals surface area contributed by atoms with Gasteiger partial charge in [-0.05, 0) is 25.1 Å². The van der Waals surface area contributed by atoms with E-state index in [9.17, 15) is 4.79 Å². The minimum Gasteiger partial charge on any atom is -0.492 e. The van der Waals surface area contributed by atoms with E-state index in [1.165, 1.54) is 11.3 Å². The number of rotatable bonds is 4. The first kappa shape index (κ1) is 17.6. The maximum atomic E-state index is 12.5. The Balaban J connectivity index is 1.47. The Labute approximate surface area is 161 Å². The largest absolute Gasteiger partial charge is 0.492 e. The fourth-order valence-corrected chi connectivity index (χ4v) is 3.55. The van der Waals surface area contributed by atoms with Crippen molar-refractivity contribution >= 4 is 22.4 Å². The molecule has 138 valence electrons. The van der Waals surface area contributed by atoms with Gasteiger partial charge in [-0.1, -0.05) is 6.07 Å². The van der Waals surface area contributed by atoms with Gasteiger partial charge in [0.25, 0.3) is 5.91 Å². The zero-order chi connectivity index (χ0) is 18.6. The number of nitrogens with zero attached hydrogens (tertiary/aromatic N) is 4. The van der Waals surface area contributed by atoms with E-state index in [0.717, 1.165) is 35.1 Å². The van der Waals surface area contributed by atoms with Crippen LogP contribution < -0.4 is 10.1 Å². The SMILES string of the molecule is Cc1cnc(NC(=O)c2ccc3c(c2)OCCN(Cc2ncccn2)C3)s1. The second-order valence-corrected chi connectivity index (χ2v) is 7.51. The highest BCUT2D eigenvalue weighted by Gasteiger charge is 2.18. The molecule has 0 radical (unpaired) electrons. The average molecular weight is 381 g/mol. The van der Waals surface area contributed by atoms with Crippen LogP contribution in [0.4, 0.5) is 5.13 Å². The molecule has 1 aliphatic heterocycles. The lowest BCUT2D eigenvalue weighted by Crippen LogP contribution is -2.26. The van der Waals surface area contributed by atoms with Gasteiger partial charge in [0.05, 0.1) is 6.54 Å². The van der Waals surface area contributed by atoms with Gasteiger partial charge in [-0.2, -0.15) is 0 Å². The Morgan fingerprint density at radius 2 is 2.15 bits per heavy atom. The first-order chi connectivity index (χ1) is 13.2. The topological polar surface area (TPSA) is 80.2 Å². The number of carbonyl (C=O) groups excluding carboxylic acids is 1. The Kier molecular flexibility index (Phi) is 5.08. The number of aromatic nitrogens is 3. The summed E-state index contributed by atoms with van der Waals surface area (Å²) in [6, 6.07) is 7.37. The van der Waals surface area contributed by atoms with Crippen LogP contribution >= 0.6 is 11.3 Å². The number of anilines is 1. The Morgan fingerprint density at radius 3 is 2.93 bits per heavy atom. The first-order valence-electron chi connectivity index (χ1n) is 8.65. The molecule has 0 spiro atoms. The lowest BCUT2D eigenvalue weighted by molar-refractivity contribution is 0.102. The van der Waals surface area contributed by atoms with E-state index in [0.29, 0.717) is 23.8 Å². The monoisotopic (exact) mass is 381 g/mol. The third-order valence-electron chi connectivity index (χ3n) is 4.21. The van der Waals surface area contributed by atoms with Crippen molar-refractivity contribution in [1.29, 1.82) is 0 Å². The molecule has 0 atom stereocenters. The van der Waals surface area contributed by atoms with E-state index in [1.807, 2.05) is 25.1 Å². The molecule has 4 rings (SSSR count). The van der Waals surface area contributed by atoms with Crippen LogP contribution in [0.15, 0.2) is 42.9 Å². The molecule has 0 fully saturated rings. The molecule has 1 amide bonds. The molecule has 1 aromatic carbocycles. The van der Waals surface area contributed by atoms with Gasteiger partial charge in [0.2, 0.25) is 0 Å². The third-order valence-corrected chi connectivity index (χ3v) is 5.04.